The first kappa shape index (κ1) is 28.3. The lowest BCUT2D eigenvalue weighted by atomic mass is 10.2. The molecule has 0 atom stereocenters. The normalized spacial score (nSPS) is 10.9. The highest BCUT2D eigenvalue weighted by molar-refractivity contribution is 6.37. The molecule has 4 aromatic carbocycles. The molecule has 0 heterocycles. The van der Waals surface area contributed by atoms with Crippen LogP contribution in [0.2, 0.25) is 15.1 Å². The minimum Gasteiger partial charge on any atom is -0.490 e. The Balaban J connectivity index is 1.38. The Bertz CT molecular complexity index is 1440. The monoisotopic (exact) mass is 582 g/mol. The van der Waals surface area contributed by atoms with Gasteiger partial charge < -0.3 is 14.2 Å². The van der Waals surface area contributed by atoms with Gasteiger partial charge in [-0.05, 0) is 54.4 Å². The predicted molar refractivity (Wildman–Crippen MR) is 156 cm³/mol. The molecule has 9 heteroatoms. The first-order valence-electron chi connectivity index (χ1n) is 12.1. The Kier molecular flexibility index (Phi) is 10.1. The molecular formula is C30H25Cl3N2O4. The number of nitrogens with one attached hydrogen (secondary N) is 1. The standard InChI is InChI=1S/C30H25Cl3N2O4/c1-2-37-28-16-22(12-13-27(28)38-18-20-8-4-3-5-9-20)30(36)35-34-17-21-14-25(32)29(26(33)15-21)39-19-23-10-6-7-11-24(23)31/h3-17H,2,18-19H2,1H3,(H,35,36)/b34-17+. The van der Waals surface area contributed by atoms with Crippen LogP contribution in [0.4, 0.5) is 0 Å². The molecule has 0 bridgehead atoms. The average molecular weight is 584 g/mol. The van der Waals surface area contributed by atoms with Crippen molar-refractivity contribution in [2.75, 3.05) is 6.61 Å². The van der Waals surface area contributed by atoms with Crippen LogP contribution in [0, 0.1) is 0 Å². The van der Waals surface area contributed by atoms with Gasteiger partial charge in [-0.15, -0.1) is 0 Å². The quantitative estimate of drug-likeness (QED) is 0.144. The average Bonchev–Trinajstić information content (AvgIpc) is 2.93. The van der Waals surface area contributed by atoms with Gasteiger partial charge in [-0.25, -0.2) is 5.43 Å². The van der Waals surface area contributed by atoms with Crippen molar-refractivity contribution in [3.8, 4) is 17.2 Å². The smallest absolute Gasteiger partial charge is 0.271 e. The molecule has 0 spiro atoms. The largest absolute Gasteiger partial charge is 0.490 e. The zero-order chi connectivity index (χ0) is 27.6. The maximum atomic E-state index is 12.7. The Morgan fingerprint density at radius 3 is 2.23 bits per heavy atom. The molecule has 200 valence electrons. The third-order valence-corrected chi connectivity index (χ3v) is 6.40. The summed E-state index contributed by atoms with van der Waals surface area (Å²) in [7, 11) is 0. The molecule has 0 aliphatic heterocycles. The molecule has 0 aliphatic carbocycles. The van der Waals surface area contributed by atoms with Crippen LogP contribution >= 0.6 is 34.8 Å². The molecule has 0 fully saturated rings. The zero-order valence-corrected chi connectivity index (χ0v) is 23.3. The summed E-state index contributed by atoms with van der Waals surface area (Å²) >= 11 is 19.0. The van der Waals surface area contributed by atoms with Crippen molar-refractivity contribution in [2.45, 2.75) is 20.1 Å². The van der Waals surface area contributed by atoms with E-state index in [0.717, 1.165) is 11.1 Å². The van der Waals surface area contributed by atoms with Gasteiger partial charge in [0.25, 0.3) is 5.91 Å². The second-order valence-electron chi connectivity index (χ2n) is 8.26. The van der Waals surface area contributed by atoms with E-state index in [1.165, 1.54) is 6.21 Å². The minimum absolute atomic E-state index is 0.211. The molecule has 1 amide bonds. The number of benzene rings is 4. The van der Waals surface area contributed by atoms with E-state index in [2.05, 4.69) is 10.5 Å². The second-order valence-corrected chi connectivity index (χ2v) is 9.48. The highest BCUT2D eigenvalue weighted by Crippen LogP contribution is 2.35. The van der Waals surface area contributed by atoms with E-state index >= 15 is 0 Å². The number of hydrogen-bond acceptors (Lipinski definition) is 5. The molecule has 0 aromatic heterocycles. The number of carbonyl (C=O) groups excluding carboxylic acids is 1. The summed E-state index contributed by atoms with van der Waals surface area (Å²) in [4.78, 5) is 12.7. The highest BCUT2D eigenvalue weighted by atomic mass is 35.5. The van der Waals surface area contributed by atoms with Gasteiger partial charge in [-0.1, -0.05) is 83.3 Å². The summed E-state index contributed by atoms with van der Waals surface area (Å²) in [5.74, 6) is 0.925. The van der Waals surface area contributed by atoms with Crippen molar-refractivity contribution in [2.24, 2.45) is 5.10 Å². The van der Waals surface area contributed by atoms with E-state index in [0.29, 0.717) is 56.7 Å². The Morgan fingerprint density at radius 2 is 1.51 bits per heavy atom. The van der Waals surface area contributed by atoms with Crippen LogP contribution in [0.1, 0.15) is 34.0 Å². The Hall–Kier alpha value is -3.71. The fraction of sp³-hybridized carbons (Fsp3) is 0.133. The van der Waals surface area contributed by atoms with E-state index in [4.69, 9.17) is 49.0 Å². The lowest BCUT2D eigenvalue weighted by Gasteiger charge is -2.13. The molecular weight excluding hydrogens is 559 g/mol. The fourth-order valence-corrected chi connectivity index (χ4v) is 4.36. The van der Waals surface area contributed by atoms with Crippen molar-refractivity contribution >= 4 is 46.9 Å². The van der Waals surface area contributed by atoms with Crippen molar-refractivity contribution in [3.63, 3.8) is 0 Å². The van der Waals surface area contributed by atoms with Gasteiger partial charge in [0.15, 0.2) is 17.2 Å². The van der Waals surface area contributed by atoms with E-state index in [1.807, 2.05) is 55.5 Å². The van der Waals surface area contributed by atoms with Gasteiger partial charge in [0.1, 0.15) is 13.2 Å². The van der Waals surface area contributed by atoms with Gasteiger partial charge >= 0.3 is 0 Å². The molecule has 39 heavy (non-hydrogen) atoms. The van der Waals surface area contributed by atoms with Crippen LogP contribution in [0.3, 0.4) is 0 Å². The number of hydrazone groups is 1. The molecule has 0 saturated carbocycles. The number of amides is 1. The summed E-state index contributed by atoms with van der Waals surface area (Å²) in [5.41, 5.74) is 5.28. The lowest BCUT2D eigenvalue weighted by molar-refractivity contribution is 0.0954. The molecule has 0 radical (unpaired) electrons. The molecule has 0 aliphatic rings. The Labute approximate surface area is 242 Å². The van der Waals surface area contributed by atoms with Crippen molar-refractivity contribution in [1.82, 2.24) is 5.43 Å². The maximum absolute atomic E-state index is 12.7. The van der Waals surface area contributed by atoms with E-state index in [-0.39, 0.29) is 6.61 Å². The summed E-state index contributed by atoms with van der Waals surface area (Å²) in [6.07, 6.45) is 1.44. The van der Waals surface area contributed by atoms with E-state index in [9.17, 15) is 4.79 Å². The summed E-state index contributed by atoms with van der Waals surface area (Å²) in [6.45, 7) is 2.88. The van der Waals surface area contributed by atoms with Gasteiger partial charge in [0.05, 0.1) is 22.9 Å². The third kappa shape index (κ3) is 7.90. The van der Waals surface area contributed by atoms with Crippen LogP contribution in [-0.4, -0.2) is 18.7 Å². The van der Waals surface area contributed by atoms with Crippen LogP contribution in [0.15, 0.2) is 90.0 Å². The number of carbonyl (C=O) groups is 1. The topological polar surface area (TPSA) is 69.2 Å². The molecule has 0 unspecified atom stereocenters. The van der Waals surface area contributed by atoms with Crippen molar-refractivity contribution in [3.05, 3.63) is 122 Å². The first-order chi connectivity index (χ1) is 18.9. The molecule has 1 N–H and O–H groups in total. The van der Waals surface area contributed by atoms with E-state index in [1.54, 1.807) is 36.4 Å². The number of nitrogens with zero attached hydrogens (tertiary/aromatic N) is 1. The number of halogens is 3. The number of rotatable bonds is 11. The van der Waals surface area contributed by atoms with Gasteiger partial charge in [0.2, 0.25) is 0 Å². The van der Waals surface area contributed by atoms with Gasteiger partial charge in [0, 0.05) is 16.1 Å². The van der Waals surface area contributed by atoms with Crippen LogP contribution < -0.4 is 19.6 Å². The lowest BCUT2D eigenvalue weighted by Crippen LogP contribution is -2.17. The summed E-state index contributed by atoms with van der Waals surface area (Å²) in [5, 5.41) is 5.23. The zero-order valence-electron chi connectivity index (χ0n) is 21.0. The molecule has 0 saturated heterocycles. The summed E-state index contributed by atoms with van der Waals surface area (Å²) < 4.78 is 17.4. The number of hydrogen-bond donors (Lipinski definition) is 1. The van der Waals surface area contributed by atoms with Crippen LogP contribution in [0.5, 0.6) is 17.2 Å². The molecule has 4 aromatic rings. The van der Waals surface area contributed by atoms with Gasteiger partial charge in [-0.2, -0.15) is 5.10 Å². The number of ether oxygens (including phenoxy) is 3. The van der Waals surface area contributed by atoms with E-state index < -0.39 is 5.91 Å². The summed E-state index contributed by atoms with van der Waals surface area (Å²) in [6, 6.07) is 25.4. The van der Waals surface area contributed by atoms with Gasteiger partial charge in [-0.3, -0.25) is 4.79 Å². The van der Waals surface area contributed by atoms with Crippen molar-refractivity contribution < 1.29 is 19.0 Å². The molecule has 6 nitrogen and oxygen atoms in total. The minimum atomic E-state index is -0.418. The first-order valence-corrected chi connectivity index (χ1v) is 13.2. The predicted octanol–water partition coefficient (Wildman–Crippen LogP) is 7.97. The highest BCUT2D eigenvalue weighted by Gasteiger charge is 2.13. The maximum Gasteiger partial charge on any atom is 0.271 e. The van der Waals surface area contributed by atoms with Crippen LogP contribution in [0.25, 0.3) is 0 Å². The SMILES string of the molecule is CCOc1cc(C(=O)N/N=C/c2cc(Cl)c(OCc3ccccc3Cl)c(Cl)c2)ccc1OCc1ccccc1. The van der Waals surface area contributed by atoms with Crippen molar-refractivity contribution in [1.29, 1.82) is 0 Å². The van der Waals surface area contributed by atoms with Crippen LogP contribution in [-0.2, 0) is 13.2 Å². The second kappa shape index (κ2) is 13.9. The third-order valence-electron chi connectivity index (χ3n) is 5.47. The molecule has 4 rings (SSSR count). The Morgan fingerprint density at radius 1 is 0.795 bits per heavy atom. The fourth-order valence-electron chi connectivity index (χ4n) is 3.56.